The van der Waals surface area contributed by atoms with Crippen molar-refractivity contribution >= 4 is 23.2 Å². The number of halogens is 2. The van der Waals surface area contributed by atoms with E-state index in [9.17, 15) is 18.4 Å². The molecule has 2 aromatic rings. The van der Waals surface area contributed by atoms with Crippen LogP contribution in [0.25, 0.3) is 0 Å². The summed E-state index contributed by atoms with van der Waals surface area (Å²) in [7, 11) is 0. The van der Waals surface area contributed by atoms with Crippen molar-refractivity contribution < 1.29 is 18.4 Å². The van der Waals surface area contributed by atoms with E-state index in [-0.39, 0.29) is 23.4 Å². The summed E-state index contributed by atoms with van der Waals surface area (Å²) in [6, 6.07) is 11.7. The molecule has 8 heteroatoms. The predicted octanol–water partition coefficient (Wildman–Crippen LogP) is 4.30. The Kier molecular flexibility index (Phi) is 9.48. The molecule has 0 atom stereocenters. The average molecular weight is 428 g/mol. The molecule has 2 aromatic carbocycles. The molecule has 0 spiro atoms. The number of amides is 2. The van der Waals surface area contributed by atoms with Gasteiger partial charge in [0.15, 0.2) is 0 Å². The van der Waals surface area contributed by atoms with Gasteiger partial charge >= 0.3 is 0 Å². The van der Waals surface area contributed by atoms with E-state index in [1.807, 2.05) is 0 Å². The van der Waals surface area contributed by atoms with Crippen molar-refractivity contribution in [3.63, 3.8) is 0 Å². The highest BCUT2D eigenvalue weighted by Crippen LogP contribution is 2.06. The first-order valence-electron chi connectivity index (χ1n) is 10.0. The molecular weight excluding hydrogens is 402 g/mol. The molecule has 31 heavy (non-hydrogen) atoms. The van der Waals surface area contributed by atoms with Crippen LogP contribution < -0.4 is 10.9 Å². The lowest BCUT2D eigenvalue weighted by molar-refractivity contribution is -0.121. The quantitative estimate of drug-likeness (QED) is 0.336. The highest BCUT2D eigenvalue weighted by molar-refractivity contribution is 5.99. The molecule has 0 radical (unpaired) electrons. The second-order valence-electron chi connectivity index (χ2n) is 7.04. The lowest BCUT2D eigenvalue weighted by atomic mass is 10.1. The molecule has 0 bridgehead atoms. The molecular formula is C23H26F2N4O2. The highest BCUT2D eigenvalue weighted by atomic mass is 19.1. The van der Waals surface area contributed by atoms with Gasteiger partial charge in [0, 0.05) is 12.8 Å². The second-order valence-corrected chi connectivity index (χ2v) is 7.04. The lowest BCUT2D eigenvalue weighted by Crippen LogP contribution is -2.19. The van der Waals surface area contributed by atoms with E-state index in [1.54, 1.807) is 38.1 Å². The van der Waals surface area contributed by atoms with Crippen molar-refractivity contribution in [2.75, 3.05) is 0 Å². The first-order valence-corrected chi connectivity index (χ1v) is 10.0. The van der Waals surface area contributed by atoms with Gasteiger partial charge in [-0.3, -0.25) is 9.59 Å². The summed E-state index contributed by atoms with van der Waals surface area (Å²) >= 11 is 0. The molecule has 0 fully saturated rings. The summed E-state index contributed by atoms with van der Waals surface area (Å²) in [5.74, 6) is -1.09. The van der Waals surface area contributed by atoms with Crippen molar-refractivity contribution in [1.82, 2.24) is 10.9 Å². The molecule has 164 valence electrons. The van der Waals surface area contributed by atoms with Crippen LogP contribution in [0.3, 0.4) is 0 Å². The van der Waals surface area contributed by atoms with Crippen LogP contribution >= 0.6 is 0 Å². The minimum atomic E-state index is -0.330. The Labute approximate surface area is 180 Å². The van der Waals surface area contributed by atoms with E-state index in [0.29, 0.717) is 43.5 Å². The van der Waals surface area contributed by atoms with E-state index in [4.69, 9.17) is 0 Å². The first kappa shape index (κ1) is 23.9. The third-order valence-electron chi connectivity index (χ3n) is 4.53. The Balaban J connectivity index is 1.61. The van der Waals surface area contributed by atoms with Gasteiger partial charge < -0.3 is 0 Å². The van der Waals surface area contributed by atoms with Gasteiger partial charge in [-0.05, 0) is 62.1 Å². The van der Waals surface area contributed by atoms with E-state index in [2.05, 4.69) is 21.1 Å². The standard InChI is InChI=1S/C23H26F2N4O2/c1-16(18-8-12-20(24)13-9-18)26-28-22(30)6-4-3-5-7-23(31)29-27-17(2)19-10-14-21(25)15-11-19/h8-15H,3-7H2,1-2H3,(H,28,30)(H,29,31)/b26-16+,27-17+. The number of hydrogen-bond donors (Lipinski definition) is 2. The number of hydrogen-bond acceptors (Lipinski definition) is 4. The van der Waals surface area contributed by atoms with Crippen molar-refractivity contribution in [2.45, 2.75) is 46.0 Å². The maximum Gasteiger partial charge on any atom is 0.240 e. The summed E-state index contributed by atoms with van der Waals surface area (Å²) < 4.78 is 25.8. The zero-order valence-electron chi connectivity index (χ0n) is 17.6. The number of carbonyl (C=O) groups is 2. The third kappa shape index (κ3) is 8.86. The molecule has 0 aliphatic heterocycles. The number of benzene rings is 2. The normalized spacial score (nSPS) is 11.9. The van der Waals surface area contributed by atoms with Crippen molar-refractivity contribution in [3.05, 3.63) is 71.3 Å². The average Bonchev–Trinajstić information content (AvgIpc) is 2.76. The fraction of sp³-hybridized carbons (Fsp3) is 0.304. The van der Waals surface area contributed by atoms with Crippen LogP contribution in [0.4, 0.5) is 8.78 Å². The van der Waals surface area contributed by atoms with Gasteiger partial charge in [-0.15, -0.1) is 0 Å². The monoisotopic (exact) mass is 428 g/mol. The fourth-order valence-electron chi connectivity index (χ4n) is 2.66. The first-order chi connectivity index (χ1) is 14.8. The van der Waals surface area contributed by atoms with Crippen LogP contribution in [0, 0.1) is 11.6 Å². The Morgan fingerprint density at radius 1 is 0.677 bits per heavy atom. The Bertz CT molecular complexity index is 862. The van der Waals surface area contributed by atoms with Crippen LogP contribution in [-0.4, -0.2) is 23.2 Å². The van der Waals surface area contributed by atoms with Gasteiger partial charge in [-0.25, -0.2) is 19.6 Å². The van der Waals surface area contributed by atoms with Crippen LogP contribution in [0.5, 0.6) is 0 Å². The van der Waals surface area contributed by atoms with Crippen LogP contribution in [0.1, 0.15) is 57.1 Å². The molecule has 2 rings (SSSR count). The predicted molar refractivity (Wildman–Crippen MR) is 117 cm³/mol. The van der Waals surface area contributed by atoms with Gasteiger partial charge in [-0.1, -0.05) is 30.7 Å². The Hall–Kier alpha value is -3.42. The van der Waals surface area contributed by atoms with E-state index in [1.165, 1.54) is 24.3 Å². The summed E-state index contributed by atoms with van der Waals surface area (Å²) in [5.41, 5.74) is 7.59. The molecule has 2 amide bonds. The molecule has 0 aliphatic carbocycles. The molecule has 0 unspecified atom stereocenters. The zero-order valence-corrected chi connectivity index (χ0v) is 17.6. The van der Waals surface area contributed by atoms with Crippen LogP contribution in [0.2, 0.25) is 0 Å². The molecule has 6 nitrogen and oxygen atoms in total. The smallest absolute Gasteiger partial charge is 0.240 e. The van der Waals surface area contributed by atoms with Gasteiger partial charge in [0.05, 0.1) is 11.4 Å². The molecule has 0 heterocycles. The minimum Gasteiger partial charge on any atom is -0.273 e. The largest absolute Gasteiger partial charge is 0.273 e. The van der Waals surface area contributed by atoms with E-state index in [0.717, 1.165) is 11.1 Å². The Morgan fingerprint density at radius 3 is 1.39 bits per heavy atom. The minimum absolute atomic E-state index is 0.217. The number of nitrogens with one attached hydrogen (secondary N) is 2. The fourth-order valence-corrected chi connectivity index (χ4v) is 2.66. The van der Waals surface area contributed by atoms with E-state index < -0.39 is 0 Å². The molecule has 0 saturated heterocycles. The van der Waals surface area contributed by atoms with Crippen molar-refractivity contribution in [3.8, 4) is 0 Å². The molecule has 0 aliphatic rings. The highest BCUT2D eigenvalue weighted by Gasteiger charge is 2.05. The third-order valence-corrected chi connectivity index (χ3v) is 4.53. The summed E-state index contributed by atoms with van der Waals surface area (Å²) in [5, 5.41) is 8.03. The van der Waals surface area contributed by atoms with Gasteiger partial charge in [-0.2, -0.15) is 10.2 Å². The van der Waals surface area contributed by atoms with Gasteiger partial charge in [0.2, 0.25) is 11.8 Å². The number of carbonyl (C=O) groups excluding carboxylic acids is 2. The maximum atomic E-state index is 12.9. The molecule has 0 saturated carbocycles. The number of unbranched alkanes of at least 4 members (excludes halogenated alkanes) is 2. The van der Waals surface area contributed by atoms with E-state index >= 15 is 0 Å². The summed E-state index contributed by atoms with van der Waals surface area (Å²) in [4.78, 5) is 23.7. The number of nitrogens with zero attached hydrogens (tertiary/aromatic N) is 2. The SMILES string of the molecule is C/C(=N\NC(=O)CCCCCC(=O)N/N=C(\C)c1ccc(F)cc1)c1ccc(F)cc1. The van der Waals surface area contributed by atoms with Gasteiger partial charge in [0.1, 0.15) is 11.6 Å². The van der Waals surface area contributed by atoms with Gasteiger partial charge in [0.25, 0.3) is 0 Å². The second kappa shape index (κ2) is 12.3. The Morgan fingerprint density at radius 2 is 1.03 bits per heavy atom. The lowest BCUT2D eigenvalue weighted by Gasteiger charge is -2.04. The molecule has 2 N–H and O–H groups in total. The van der Waals surface area contributed by atoms with Crippen molar-refractivity contribution in [2.24, 2.45) is 10.2 Å². The topological polar surface area (TPSA) is 82.9 Å². The zero-order chi connectivity index (χ0) is 22.6. The van der Waals surface area contributed by atoms with Crippen LogP contribution in [-0.2, 0) is 9.59 Å². The summed E-state index contributed by atoms with van der Waals surface area (Å²) in [6.45, 7) is 3.46. The van der Waals surface area contributed by atoms with Crippen molar-refractivity contribution in [1.29, 1.82) is 0 Å². The summed E-state index contributed by atoms with van der Waals surface area (Å²) in [6.07, 6.45) is 2.56. The maximum absolute atomic E-state index is 12.9. The number of hydrazone groups is 2. The number of rotatable bonds is 10. The van der Waals surface area contributed by atoms with Crippen LogP contribution in [0.15, 0.2) is 58.7 Å². The molecule has 0 aromatic heterocycles.